The van der Waals surface area contributed by atoms with E-state index in [1.54, 1.807) is 6.07 Å². The molecule has 3 aromatic carbocycles. The zero-order valence-corrected chi connectivity index (χ0v) is 20.4. The summed E-state index contributed by atoms with van der Waals surface area (Å²) < 4.78 is 0. The zero-order chi connectivity index (χ0) is 25.5. The lowest BCUT2D eigenvalue weighted by Gasteiger charge is -2.18. The molecule has 0 aliphatic heterocycles. The van der Waals surface area contributed by atoms with E-state index in [0.717, 1.165) is 24.0 Å². The van der Waals surface area contributed by atoms with Crippen LogP contribution >= 0.6 is 0 Å². The monoisotopic (exact) mass is 481 g/mol. The van der Waals surface area contributed by atoms with Crippen molar-refractivity contribution in [1.29, 1.82) is 0 Å². The Kier molecular flexibility index (Phi) is 8.08. The first-order chi connectivity index (χ1) is 17.4. The standard InChI is InChI=1S/C30H31N3O3/c1-20-7-9-22(10-8-20)17-24(15-16-31)32-29(34)28-19-26(30(35)36)25-18-23(13-14-27(25)33-28)12-11-21-5-3-2-4-6-21/h2-10,13-14,18-19,24H,11-12,15-17,31H2,1H3,(H,32,34)(H,35,36)/t24-/m1/s1. The molecule has 1 atom stereocenters. The zero-order valence-electron chi connectivity index (χ0n) is 20.4. The number of hydrogen-bond acceptors (Lipinski definition) is 4. The molecule has 0 unspecified atom stereocenters. The first kappa shape index (κ1) is 25.1. The lowest BCUT2D eigenvalue weighted by Crippen LogP contribution is -2.38. The number of carboxylic acids is 1. The molecule has 0 saturated heterocycles. The molecule has 0 saturated carbocycles. The maximum absolute atomic E-state index is 13.1. The van der Waals surface area contributed by atoms with Crippen LogP contribution < -0.4 is 11.1 Å². The Hall–Kier alpha value is -4.03. The first-order valence-electron chi connectivity index (χ1n) is 12.2. The van der Waals surface area contributed by atoms with Crippen LogP contribution in [0.2, 0.25) is 0 Å². The highest BCUT2D eigenvalue weighted by Crippen LogP contribution is 2.22. The number of aromatic nitrogens is 1. The van der Waals surface area contributed by atoms with Gasteiger partial charge in [-0.1, -0.05) is 66.2 Å². The molecule has 1 heterocycles. The van der Waals surface area contributed by atoms with Crippen LogP contribution in [-0.2, 0) is 19.3 Å². The van der Waals surface area contributed by atoms with Crippen LogP contribution in [0.5, 0.6) is 0 Å². The fourth-order valence-corrected chi connectivity index (χ4v) is 4.35. The lowest BCUT2D eigenvalue weighted by molar-refractivity contribution is 0.0699. The molecule has 0 radical (unpaired) electrons. The van der Waals surface area contributed by atoms with Crippen molar-refractivity contribution < 1.29 is 14.7 Å². The van der Waals surface area contributed by atoms with Gasteiger partial charge in [0.25, 0.3) is 5.91 Å². The second-order valence-corrected chi connectivity index (χ2v) is 9.13. The Bertz CT molecular complexity index is 1350. The van der Waals surface area contributed by atoms with Crippen LogP contribution in [0.15, 0.2) is 78.9 Å². The van der Waals surface area contributed by atoms with E-state index in [2.05, 4.69) is 22.4 Å². The van der Waals surface area contributed by atoms with Crippen molar-refractivity contribution in [3.8, 4) is 0 Å². The van der Waals surface area contributed by atoms with Crippen molar-refractivity contribution in [3.63, 3.8) is 0 Å². The van der Waals surface area contributed by atoms with E-state index >= 15 is 0 Å². The topological polar surface area (TPSA) is 105 Å². The highest BCUT2D eigenvalue weighted by molar-refractivity contribution is 6.06. The Balaban J connectivity index is 1.55. The predicted octanol–water partition coefficient (Wildman–Crippen LogP) is 4.72. The third-order valence-electron chi connectivity index (χ3n) is 6.33. The van der Waals surface area contributed by atoms with Crippen molar-refractivity contribution in [2.45, 2.75) is 38.6 Å². The van der Waals surface area contributed by atoms with Gasteiger partial charge in [-0.25, -0.2) is 9.78 Å². The summed E-state index contributed by atoms with van der Waals surface area (Å²) in [7, 11) is 0. The van der Waals surface area contributed by atoms with Crippen molar-refractivity contribution in [1.82, 2.24) is 10.3 Å². The number of carboxylic acid groups (broad SMARTS) is 1. The first-order valence-corrected chi connectivity index (χ1v) is 12.2. The number of nitrogens with one attached hydrogen (secondary N) is 1. The summed E-state index contributed by atoms with van der Waals surface area (Å²) in [6.07, 6.45) is 2.87. The van der Waals surface area contributed by atoms with Crippen LogP contribution in [-0.4, -0.2) is 34.6 Å². The molecule has 0 bridgehead atoms. The second kappa shape index (κ2) is 11.6. The molecule has 0 fully saturated rings. The van der Waals surface area contributed by atoms with Crippen LogP contribution in [0.4, 0.5) is 0 Å². The van der Waals surface area contributed by atoms with Crippen LogP contribution in [0, 0.1) is 6.92 Å². The number of pyridine rings is 1. The summed E-state index contributed by atoms with van der Waals surface area (Å²) in [6.45, 7) is 2.45. The van der Waals surface area contributed by atoms with E-state index in [1.165, 1.54) is 17.2 Å². The summed E-state index contributed by atoms with van der Waals surface area (Å²) >= 11 is 0. The summed E-state index contributed by atoms with van der Waals surface area (Å²) in [6, 6.07) is 25.1. The smallest absolute Gasteiger partial charge is 0.336 e. The maximum Gasteiger partial charge on any atom is 0.336 e. The second-order valence-electron chi connectivity index (χ2n) is 9.13. The minimum Gasteiger partial charge on any atom is -0.478 e. The Morgan fingerprint density at radius 2 is 1.61 bits per heavy atom. The molecule has 6 heteroatoms. The van der Waals surface area contributed by atoms with E-state index in [-0.39, 0.29) is 17.3 Å². The molecule has 0 aliphatic rings. The molecule has 6 nitrogen and oxygen atoms in total. The quantitative estimate of drug-likeness (QED) is 0.304. The minimum atomic E-state index is -1.09. The number of aromatic carboxylic acids is 1. The normalized spacial score (nSPS) is 11.8. The predicted molar refractivity (Wildman–Crippen MR) is 142 cm³/mol. The number of hydrogen-bond donors (Lipinski definition) is 3. The van der Waals surface area contributed by atoms with Gasteiger partial charge in [-0.3, -0.25) is 4.79 Å². The number of rotatable bonds is 10. The molecule has 0 spiro atoms. The number of benzene rings is 3. The Morgan fingerprint density at radius 1 is 0.917 bits per heavy atom. The molecular formula is C30H31N3O3. The highest BCUT2D eigenvalue weighted by atomic mass is 16.4. The fraction of sp³-hybridized carbons (Fsp3) is 0.233. The summed E-state index contributed by atoms with van der Waals surface area (Å²) in [4.78, 5) is 29.7. The van der Waals surface area contributed by atoms with Gasteiger partial charge in [0.2, 0.25) is 0 Å². The Labute approximate surface area is 211 Å². The third kappa shape index (κ3) is 6.34. The van der Waals surface area contributed by atoms with Gasteiger partial charge in [0.15, 0.2) is 0 Å². The summed E-state index contributed by atoms with van der Waals surface area (Å²) in [5.41, 5.74) is 10.9. The molecule has 1 aromatic heterocycles. The van der Waals surface area contributed by atoms with Crippen molar-refractivity contribution in [2.75, 3.05) is 6.54 Å². The van der Waals surface area contributed by atoms with Crippen LogP contribution in [0.1, 0.15) is 49.5 Å². The number of carbonyl (C=O) groups excluding carboxylic acids is 1. The number of amides is 1. The third-order valence-corrected chi connectivity index (χ3v) is 6.33. The van der Waals surface area contributed by atoms with Gasteiger partial charge >= 0.3 is 5.97 Å². The lowest BCUT2D eigenvalue weighted by atomic mass is 9.99. The van der Waals surface area contributed by atoms with Crippen molar-refractivity contribution in [3.05, 3.63) is 112 Å². The van der Waals surface area contributed by atoms with Crippen molar-refractivity contribution in [2.24, 2.45) is 5.73 Å². The van der Waals surface area contributed by atoms with Crippen LogP contribution in [0.3, 0.4) is 0 Å². The van der Waals surface area contributed by atoms with E-state index in [0.29, 0.717) is 30.3 Å². The number of aryl methyl sites for hydroxylation is 3. The minimum absolute atomic E-state index is 0.0700. The molecular weight excluding hydrogens is 450 g/mol. The van der Waals surface area contributed by atoms with E-state index in [1.807, 2.05) is 61.5 Å². The molecule has 4 rings (SSSR count). The average Bonchev–Trinajstić information content (AvgIpc) is 2.88. The molecule has 1 amide bonds. The van der Waals surface area contributed by atoms with Gasteiger partial charge in [0, 0.05) is 11.4 Å². The molecule has 36 heavy (non-hydrogen) atoms. The van der Waals surface area contributed by atoms with Gasteiger partial charge in [-0.05, 0) is 74.0 Å². The average molecular weight is 482 g/mol. The highest BCUT2D eigenvalue weighted by Gasteiger charge is 2.19. The van der Waals surface area contributed by atoms with Crippen LogP contribution in [0.25, 0.3) is 10.9 Å². The molecule has 4 aromatic rings. The van der Waals surface area contributed by atoms with Gasteiger partial charge in [0.05, 0.1) is 11.1 Å². The molecule has 0 aliphatic carbocycles. The largest absolute Gasteiger partial charge is 0.478 e. The fourth-order valence-electron chi connectivity index (χ4n) is 4.35. The summed E-state index contributed by atoms with van der Waals surface area (Å²) in [5.74, 6) is -1.49. The van der Waals surface area contributed by atoms with Gasteiger partial charge in [0.1, 0.15) is 5.69 Å². The number of fused-ring (bicyclic) bond motifs is 1. The Morgan fingerprint density at radius 3 is 2.31 bits per heavy atom. The number of nitrogens with zero attached hydrogens (tertiary/aromatic N) is 1. The van der Waals surface area contributed by atoms with E-state index < -0.39 is 11.9 Å². The van der Waals surface area contributed by atoms with Gasteiger partial charge < -0.3 is 16.2 Å². The molecule has 4 N–H and O–H groups in total. The summed E-state index contributed by atoms with van der Waals surface area (Å²) in [5, 5.41) is 13.4. The van der Waals surface area contributed by atoms with Gasteiger partial charge in [-0.2, -0.15) is 0 Å². The SMILES string of the molecule is Cc1ccc(C[C@@H](CCN)NC(=O)c2cc(C(=O)O)c3cc(CCc4ccccc4)ccc3n2)cc1. The number of carbonyl (C=O) groups is 2. The number of nitrogens with two attached hydrogens (primary N) is 1. The maximum atomic E-state index is 13.1. The molecule has 184 valence electrons. The van der Waals surface area contributed by atoms with E-state index in [4.69, 9.17) is 5.73 Å². The van der Waals surface area contributed by atoms with Crippen molar-refractivity contribution >= 4 is 22.8 Å². The van der Waals surface area contributed by atoms with E-state index in [9.17, 15) is 14.7 Å². The van der Waals surface area contributed by atoms with Gasteiger partial charge in [-0.15, -0.1) is 0 Å².